The SMILES string of the molecule is C=CCn1cc(CNC(=O)C(=O)c2cc(C(=O)Nc3ccc(F)c(Cl)c3)c(C)o2)nn1. The summed E-state index contributed by atoms with van der Waals surface area (Å²) in [7, 11) is 0. The van der Waals surface area contributed by atoms with Gasteiger partial charge in [-0.3, -0.25) is 14.4 Å². The number of carbonyl (C=O) groups is 3. The smallest absolute Gasteiger partial charge is 0.296 e. The molecule has 0 unspecified atom stereocenters. The number of benzene rings is 1. The van der Waals surface area contributed by atoms with Crippen molar-refractivity contribution in [1.82, 2.24) is 20.3 Å². The zero-order chi connectivity index (χ0) is 22.5. The van der Waals surface area contributed by atoms with Crippen molar-refractivity contribution >= 4 is 34.9 Å². The number of furan rings is 1. The second-order valence-electron chi connectivity index (χ2n) is 6.40. The molecule has 31 heavy (non-hydrogen) atoms. The molecule has 0 saturated heterocycles. The largest absolute Gasteiger partial charge is 0.457 e. The number of aromatic nitrogens is 3. The van der Waals surface area contributed by atoms with E-state index in [1.54, 1.807) is 12.3 Å². The third-order valence-corrected chi connectivity index (χ3v) is 4.39. The van der Waals surface area contributed by atoms with Gasteiger partial charge in [0.05, 0.1) is 29.9 Å². The van der Waals surface area contributed by atoms with Crippen LogP contribution in [0.1, 0.15) is 32.4 Å². The van der Waals surface area contributed by atoms with Gasteiger partial charge in [-0.2, -0.15) is 0 Å². The molecule has 0 atom stereocenters. The Morgan fingerprint density at radius 1 is 1.32 bits per heavy atom. The van der Waals surface area contributed by atoms with E-state index in [9.17, 15) is 18.8 Å². The van der Waals surface area contributed by atoms with Gasteiger partial charge in [-0.1, -0.05) is 22.9 Å². The number of nitrogens with zero attached hydrogens (tertiary/aromatic N) is 3. The quantitative estimate of drug-likeness (QED) is 0.312. The van der Waals surface area contributed by atoms with Gasteiger partial charge in [0.1, 0.15) is 17.3 Å². The molecule has 11 heteroatoms. The summed E-state index contributed by atoms with van der Waals surface area (Å²) in [6.07, 6.45) is 3.24. The van der Waals surface area contributed by atoms with Crippen LogP contribution in [0.5, 0.6) is 0 Å². The fraction of sp³-hybridized carbons (Fsp3) is 0.150. The third kappa shape index (κ3) is 5.23. The summed E-state index contributed by atoms with van der Waals surface area (Å²) in [6, 6.07) is 4.85. The van der Waals surface area contributed by atoms with E-state index < -0.39 is 23.4 Å². The number of carbonyl (C=O) groups excluding carboxylic acids is 3. The van der Waals surface area contributed by atoms with Crippen molar-refractivity contribution in [3.05, 3.63) is 76.7 Å². The Hall–Kier alpha value is -3.79. The molecule has 0 aliphatic heterocycles. The Balaban J connectivity index is 1.64. The standard InChI is InChI=1S/C20H17ClFN5O4/c1-3-6-27-10-13(25-26-27)9-23-20(30)18(28)17-8-14(11(2)31-17)19(29)24-12-4-5-16(22)15(21)7-12/h3-5,7-8,10H,1,6,9H2,2H3,(H,23,30)(H,24,29). The van der Waals surface area contributed by atoms with Gasteiger partial charge < -0.3 is 15.1 Å². The van der Waals surface area contributed by atoms with E-state index in [0.717, 1.165) is 12.1 Å². The van der Waals surface area contributed by atoms with Crippen molar-refractivity contribution in [3.8, 4) is 0 Å². The minimum atomic E-state index is -0.953. The number of allylic oxidation sites excluding steroid dienone is 1. The minimum Gasteiger partial charge on any atom is -0.457 e. The summed E-state index contributed by atoms with van der Waals surface area (Å²) in [5.74, 6) is -3.28. The van der Waals surface area contributed by atoms with Crippen molar-refractivity contribution in [2.24, 2.45) is 0 Å². The molecule has 9 nitrogen and oxygen atoms in total. The number of nitrogens with one attached hydrogen (secondary N) is 2. The van der Waals surface area contributed by atoms with Crippen molar-refractivity contribution < 1.29 is 23.2 Å². The fourth-order valence-electron chi connectivity index (χ4n) is 2.60. The maximum Gasteiger partial charge on any atom is 0.296 e. The second kappa shape index (κ2) is 9.35. The molecule has 0 aliphatic carbocycles. The summed E-state index contributed by atoms with van der Waals surface area (Å²) >= 11 is 5.70. The number of ketones is 1. The molecule has 0 saturated carbocycles. The molecule has 3 rings (SSSR count). The van der Waals surface area contributed by atoms with Crippen LogP contribution in [0.25, 0.3) is 0 Å². The molecular weight excluding hydrogens is 429 g/mol. The molecule has 3 aromatic rings. The van der Waals surface area contributed by atoms with Gasteiger partial charge in [-0.25, -0.2) is 9.07 Å². The fourth-order valence-corrected chi connectivity index (χ4v) is 2.78. The Labute approximate surface area is 180 Å². The Morgan fingerprint density at radius 3 is 2.81 bits per heavy atom. The summed E-state index contributed by atoms with van der Waals surface area (Å²) in [4.78, 5) is 37.0. The van der Waals surface area contributed by atoms with Crippen LogP contribution in [0.15, 0.2) is 47.5 Å². The number of aryl methyl sites for hydroxylation is 1. The van der Waals surface area contributed by atoms with E-state index in [-0.39, 0.29) is 34.3 Å². The number of hydrogen-bond donors (Lipinski definition) is 2. The zero-order valence-electron chi connectivity index (χ0n) is 16.3. The highest BCUT2D eigenvalue weighted by atomic mass is 35.5. The first-order chi connectivity index (χ1) is 14.8. The number of anilines is 1. The average molecular weight is 446 g/mol. The van der Waals surface area contributed by atoms with Crippen LogP contribution in [0.2, 0.25) is 5.02 Å². The molecule has 0 spiro atoms. The van der Waals surface area contributed by atoms with Crippen LogP contribution >= 0.6 is 11.6 Å². The van der Waals surface area contributed by atoms with Crippen molar-refractivity contribution in [2.45, 2.75) is 20.0 Å². The van der Waals surface area contributed by atoms with E-state index in [2.05, 4.69) is 27.5 Å². The van der Waals surface area contributed by atoms with Crippen LogP contribution < -0.4 is 10.6 Å². The Morgan fingerprint density at radius 2 is 2.10 bits per heavy atom. The predicted octanol–water partition coefficient (Wildman–Crippen LogP) is 2.91. The second-order valence-corrected chi connectivity index (χ2v) is 6.80. The monoisotopic (exact) mass is 445 g/mol. The number of Topliss-reactive ketones (excluding diaryl/α,β-unsaturated/α-hetero) is 1. The Kier molecular flexibility index (Phi) is 6.61. The van der Waals surface area contributed by atoms with Gasteiger partial charge in [0, 0.05) is 11.8 Å². The first-order valence-electron chi connectivity index (χ1n) is 8.97. The van der Waals surface area contributed by atoms with E-state index in [1.165, 1.54) is 23.7 Å². The van der Waals surface area contributed by atoms with E-state index in [4.69, 9.17) is 16.0 Å². The lowest BCUT2D eigenvalue weighted by molar-refractivity contribution is -0.117. The van der Waals surface area contributed by atoms with Crippen LogP contribution in [0.4, 0.5) is 10.1 Å². The topological polar surface area (TPSA) is 119 Å². The summed E-state index contributed by atoms with van der Waals surface area (Å²) in [6.45, 7) is 5.50. The molecule has 2 heterocycles. The first-order valence-corrected chi connectivity index (χ1v) is 9.35. The zero-order valence-corrected chi connectivity index (χ0v) is 17.1. The number of hydrogen-bond acceptors (Lipinski definition) is 6. The highest BCUT2D eigenvalue weighted by Crippen LogP contribution is 2.21. The predicted molar refractivity (Wildman–Crippen MR) is 109 cm³/mol. The van der Waals surface area contributed by atoms with Crippen molar-refractivity contribution in [3.63, 3.8) is 0 Å². The Bertz CT molecular complexity index is 1170. The van der Waals surface area contributed by atoms with Gasteiger partial charge >= 0.3 is 0 Å². The molecule has 2 aromatic heterocycles. The minimum absolute atomic E-state index is 0.0138. The van der Waals surface area contributed by atoms with Gasteiger partial charge in [0.15, 0.2) is 5.76 Å². The maximum absolute atomic E-state index is 13.3. The van der Waals surface area contributed by atoms with Gasteiger partial charge in [0.2, 0.25) is 0 Å². The molecule has 0 fully saturated rings. The first kappa shape index (κ1) is 21.9. The van der Waals surface area contributed by atoms with E-state index in [1.807, 2.05) is 0 Å². The molecule has 0 aliphatic rings. The number of rotatable bonds is 8. The highest BCUT2D eigenvalue weighted by Gasteiger charge is 2.24. The molecule has 2 amide bonds. The summed E-state index contributed by atoms with van der Waals surface area (Å²) in [5.41, 5.74) is 0.757. The average Bonchev–Trinajstić information content (AvgIpc) is 3.35. The maximum atomic E-state index is 13.3. The molecule has 2 N–H and O–H groups in total. The molecule has 160 valence electrons. The van der Waals surface area contributed by atoms with Crippen LogP contribution in [0, 0.1) is 12.7 Å². The van der Waals surface area contributed by atoms with Gasteiger partial charge in [-0.15, -0.1) is 11.7 Å². The van der Waals surface area contributed by atoms with Crippen molar-refractivity contribution in [1.29, 1.82) is 0 Å². The lowest BCUT2D eigenvalue weighted by atomic mass is 10.2. The number of amides is 2. The highest BCUT2D eigenvalue weighted by molar-refractivity contribution is 6.42. The summed E-state index contributed by atoms with van der Waals surface area (Å²) in [5, 5.41) is 12.5. The van der Waals surface area contributed by atoms with Gasteiger partial charge in [-0.05, 0) is 25.1 Å². The molecule has 1 aromatic carbocycles. The number of halogens is 2. The lowest BCUT2D eigenvalue weighted by Gasteiger charge is -2.05. The lowest BCUT2D eigenvalue weighted by Crippen LogP contribution is -2.30. The third-order valence-electron chi connectivity index (χ3n) is 4.10. The van der Waals surface area contributed by atoms with Crippen molar-refractivity contribution in [2.75, 3.05) is 5.32 Å². The van der Waals surface area contributed by atoms with E-state index >= 15 is 0 Å². The summed E-state index contributed by atoms with van der Waals surface area (Å²) < 4.78 is 20.1. The van der Waals surface area contributed by atoms with Crippen LogP contribution in [-0.2, 0) is 17.9 Å². The van der Waals surface area contributed by atoms with Crippen LogP contribution in [0.3, 0.4) is 0 Å². The molecule has 0 radical (unpaired) electrons. The van der Waals surface area contributed by atoms with Gasteiger partial charge in [0.25, 0.3) is 17.6 Å². The van der Waals surface area contributed by atoms with E-state index in [0.29, 0.717) is 12.2 Å². The molecule has 0 bridgehead atoms. The van der Waals surface area contributed by atoms with Crippen LogP contribution in [-0.4, -0.2) is 32.6 Å². The normalized spacial score (nSPS) is 10.5. The molecular formula is C20H17ClFN5O4.